The third-order valence-electron chi connectivity index (χ3n) is 7.53. The van der Waals surface area contributed by atoms with Crippen LogP contribution < -0.4 is 10.2 Å². The zero-order valence-corrected chi connectivity index (χ0v) is 22.2. The van der Waals surface area contributed by atoms with E-state index in [0.29, 0.717) is 5.56 Å². The molecule has 200 valence electrons. The number of anilines is 1. The molecule has 5 N–H and O–H groups in total. The van der Waals surface area contributed by atoms with Gasteiger partial charge in [0, 0.05) is 36.8 Å². The van der Waals surface area contributed by atoms with Crippen LogP contribution in [0.15, 0.2) is 34.8 Å². The SMILES string of the molecule is CN(C)c1ccc(O)c2c1C[C@H]1C[C@H]3[C@H](N(C)C)C(O)=C(C(=O)NC(C)(C)C)C(=O)[C@]3(O)C(O)=C1C2=O. The number of likely N-dealkylation sites (N-methyl/N-ethyl adjacent to an activating group) is 1. The molecular formula is C27H35N3O7. The van der Waals surface area contributed by atoms with Crippen molar-refractivity contribution in [2.45, 2.75) is 50.8 Å². The van der Waals surface area contributed by atoms with Crippen molar-refractivity contribution in [1.82, 2.24) is 10.2 Å². The Kier molecular flexibility index (Phi) is 6.20. The summed E-state index contributed by atoms with van der Waals surface area (Å²) in [7, 11) is 6.90. The Labute approximate surface area is 215 Å². The maximum Gasteiger partial charge on any atom is 0.258 e. The molecule has 1 aromatic rings. The number of fused-ring (bicyclic) bond motifs is 3. The second-order valence-electron chi connectivity index (χ2n) is 11.7. The summed E-state index contributed by atoms with van der Waals surface area (Å²) in [5.41, 5.74) is -2.81. The van der Waals surface area contributed by atoms with Gasteiger partial charge in [0.15, 0.2) is 11.4 Å². The van der Waals surface area contributed by atoms with Gasteiger partial charge in [-0.15, -0.1) is 0 Å². The number of carbonyl (C=O) groups is 3. The molecule has 1 amide bonds. The quantitative estimate of drug-likeness (QED) is 0.380. The van der Waals surface area contributed by atoms with Crippen molar-refractivity contribution >= 4 is 23.2 Å². The van der Waals surface area contributed by atoms with E-state index in [2.05, 4.69) is 5.32 Å². The lowest BCUT2D eigenvalue weighted by Crippen LogP contribution is -2.64. The minimum absolute atomic E-state index is 0.0163. The smallest absolute Gasteiger partial charge is 0.258 e. The summed E-state index contributed by atoms with van der Waals surface area (Å²) in [5.74, 6) is -5.93. The highest BCUT2D eigenvalue weighted by atomic mass is 16.3. The van der Waals surface area contributed by atoms with Crippen molar-refractivity contribution in [3.63, 3.8) is 0 Å². The fraction of sp³-hybridized carbons (Fsp3) is 0.519. The molecule has 0 saturated carbocycles. The van der Waals surface area contributed by atoms with Gasteiger partial charge in [-0.3, -0.25) is 19.3 Å². The Morgan fingerprint density at radius 1 is 1.08 bits per heavy atom. The maximum atomic E-state index is 13.7. The molecule has 3 aliphatic rings. The molecule has 1 aromatic carbocycles. The van der Waals surface area contributed by atoms with Gasteiger partial charge in [0.25, 0.3) is 5.91 Å². The molecule has 0 spiro atoms. The van der Waals surface area contributed by atoms with Gasteiger partial charge in [0.05, 0.1) is 11.6 Å². The Hall–Kier alpha value is -3.37. The number of benzene rings is 1. The third-order valence-corrected chi connectivity index (χ3v) is 7.53. The van der Waals surface area contributed by atoms with Crippen LogP contribution in [0.3, 0.4) is 0 Å². The van der Waals surface area contributed by atoms with E-state index >= 15 is 0 Å². The number of nitrogens with one attached hydrogen (secondary N) is 1. The highest BCUT2D eigenvalue weighted by molar-refractivity contribution is 6.25. The molecule has 37 heavy (non-hydrogen) atoms. The van der Waals surface area contributed by atoms with Crippen LogP contribution in [-0.2, 0) is 16.0 Å². The lowest BCUT2D eigenvalue weighted by atomic mass is 9.58. The highest BCUT2D eigenvalue weighted by Crippen LogP contribution is 2.53. The van der Waals surface area contributed by atoms with Gasteiger partial charge in [-0.25, -0.2) is 0 Å². The Morgan fingerprint density at radius 2 is 1.70 bits per heavy atom. The molecule has 3 aliphatic carbocycles. The zero-order valence-electron chi connectivity index (χ0n) is 22.2. The summed E-state index contributed by atoms with van der Waals surface area (Å²) in [6.07, 6.45) is 0.349. The van der Waals surface area contributed by atoms with E-state index in [1.165, 1.54) is 6.07 Å². The second kappa shape index (κ2) is 8.59. The van der Waals surface area contributed by atoms with Crippen molar-refractivity contribution in [2.75, 3.05) is 33.1 Å². The van der Waals surface area contributed by atoms with Gasteiger partial charge in [-0.2, -0.15) is 0 Å². The van der Waals surface area contributed by atoms with E-state index in [9.17, 15) is 34.8 Å². The van der Waals surface area contributed by atoms with E-state index in [0.717, 1.165) is 5.69 Å². The summed E-state index contributed by atoms with van der Waals surface area (Å²) in [5, 5.41) is 47.7. The van der Waals surface area contributed by atoms with E-state index in [-0.39, 0.29) is 29.7 Å². The fourth-order valence-electron chi connectivity index (χ4n) is 6.04. The number of carbonyl (C=O) groups excluding carboxylic acids is 3. The molecule has 0 bridgehead atoms. The third kappa shape index (κ3) is 3.90. The maximum absolute atomic E-state index is 13.7. The van der Waals surface area contributed by atoms with Gasteiger partial charge in [-0.1, -0.05) is 0 Å². The molecule has 10 nitrogen and oxygen atoms in total. The molecule has 0 fully saturated rings. The molecule has 0 radical (unpaired) electrons. The number of aliphatic hydroxyl groups excluding tert-OH is 2. The van der Waals surface area contributed by atoms with Crippen molar-refractivity contribution < 1.29 is 34.8 Å². The van der Waals surface area contributed by atoms with Crippen molar-refractivity contribution in [3.8, 4) is 5.75 Å². The minimum Gasteiger partial charge on any atom is -0.510 e. The molecule has 0 aliphatic heterocycles. The van der Waals surface area contributed by atoms with Gasteiger partial charge in [0.2, 0.25) is 5.78 Å². The first-order valence-electron chi connectivity index (χ1n) is 12.2. The molecule has 0 heterocycles. The zero-order chi connectivity index (χ0) is 27.8. The van der Waals surface area contributed by atoms with Crippen LogP contribution in [-0.4, -0.2) is 88.2 Å². The molecule has 10 heteroatoms. The summed E-state index contributed by atoms with van der Waals surface area (Å²) >= 11 is 0. The van der Waals surface area contributed by atoms with Crippen LogP contribution in [0.4, 0.5) is 5.69 Å². The number of allylic oxidation sites excluding steroid dienone is 1. The largest absolute Gasteiger partial charge is 0.510 e. The number of phenols is 1. The molecule has 4 atom stereocenters. The molecule has 0 saturated heterocycles. The Balaban J connectivity index is 1.93. The number of hydrogen-bond donors (Lipinski definition) is 5. The Bertz CT molecular complexity index is 1270. The van der Waals surface area contributed by atoms with Crippen LogP contribution in [0.1, 0.15) is 43.1 Å². The number of ketones is 2. The van der Waals surface area contributed by atoms with E-state index in [1.807, 2.05) is 19.0 Å². The van der Waals surface area contributed by atoms with Crippen LogP contribution in [0.25, 0.3) is 0 Å². The van der Waals surface area contributed by atoms with Crippen LogP contribution in [0.5, 0.6) is 5.75 Å². The molecule has 0 unspecified atom stereocenters. The summed E-state index contributed by atoms with van der Waals surface area (Å²) in [4.78, 5) is 43.9. The Morgan fingerprint density at radius 3 is 2.24 bits per heavy atom. The van der Waals surface area contributed by atoms with Crippen molar-refractivity contribution in [1.29, 1.82) is 0 Å². The fourth-order valence-corrected chi connectivity index (χ4v) is 6.04. The topological polar surface area (TPSA) is 151 Å². The average molecular weight is 514 g/mol. The summed E-state index contributed by atoms with van der Waals surface area (Å²) in [6, 6.07) is 2.12. The number of Topliss-reactive ketones (excluding diaryl/α,β-unsaturated/α-hetero) is 2. The highest BCUT2D eigenvalue weighted by Gasteiger charge is 2.63. The monoisotopic (exact) mass is 513 g/mol. The predicted molar refractivity (Wildman–Crippen MR) is 137 cm³/mol. The van der Waals surface area contributed by atoms with Crippen molar-refractivity contribution in [2.24, 2.45) is 11.8 Å². The number of rotatable bonds is 3. The number of hydrogen-bond acceptors (Lipinski definition) is 9. The van der Waals surface area contributed by atoms with Gasteiger partial charge in [0.1, 0.15) is 22.8 Å². The summed E-state index contributed by atoms with van der Waals surface area (Å²) < 4.78 is 0. The van der Waals surface area contributed by atoms with Crippen LogP contribution >= 0.6 is 0 Å². The average Bonchev–Trinajstić information content (AvgIpc) is 2.74. The first-order chi connectivity index (χ1) is 17.0. The normalized spacial score (nSPS) is 27.6. The van der Waals surface area contributed by atoms with Crippen LogP contribution in [0, 0.1) is 11.8 Å². The lowest BCUT2D eigenvalue weighted by Gasteiger charge is -2.50. The number of aromatic hydroxyl groups is 1. The number of aliphatic hydroxyl groups is 3. The van der Waals surface area contributed by atoms with Crippen LogP contribution in [0.2, 0.25) is 0 Å². The van der Waals surface area contributed by atoms with E-state index < -0.39 is 63.6 Å². The summed E-state index contributed by atoms with van der Waals surface area (Å²) in [6.45, 7) is 5.11. The molecular weight excluding hydrogens is 478 g/mol. The minimum atomic E-state index is -2.61. The number of phenolic OH excluding ortho intramolecular Hbond substituents is 1. The van der Waals surface area contributed by atoms with Gasteiger partial charge >= 0.3 is 0 Å². The second-order valence-corrected chi connectivity index (χ2v) is 11.7. The number of amides is 1. The first-order valence-corrected chi connectivity index (χ1v) is 12.2. The predicted octanol–water partition coefficient (Wildman–Crippen LogP) is 1.62. The van der Waals surface area contributed by atoms with E-state index in [4.69, 9.17) is 0 Å². The van der Waals surface area contributed by atoms with E-state index in [1.54, 1.807) is 45.8 Å². The molecule has 0 aromatic heterocycles. The van der Waals surface area contributed by atoms with Gasteiger partial charge in [-0.05, 0) is 71.3 Å². The van der Waals surface area contributed by atoms with Gasteiger partial charge < -0.3 is 30.6 Å². The first kappa shape index (κ1) is 26.7. The standard InChI is InChI=1S/C27H35N3O7/c1-26(2,3)28-25(36)19-22(33)20(30(6)7)14-11-12-10-13-15(29(4)5)8-9-16(31)18(13)21(32)17(12)23(34)27(14,37)24(19)35/h8-9,12,14,20,31,33-34,37H,10-11H2,1-7H3,(H,28,36)/t12-,14-,20-,27+/m0/s1. The van der Waals surface area contributed by atoms with Crippen molar-refractivity contribution in [3.05, 3.63) is 45.9 Å². The molecule has 4 rings (SSSR count). The lowest BCUT2D eigenvalue weighted by molar-refractivity contribution is -0.149. The number of nitrogens with zero attached hydrogens (tertiary/aromatic N) is 2.